The number of para-hydroxylation sites is 2. The summed E-state index contributed by atoms with van der Waals surface area (Å²) in [6.07, 6.45) is 0.754. The van der Waals surface area contributed by atoms with E-state index in [0.717, 1.165) is 10.9 Å². The van der Waals surface area contributed by atoms with E-state index < -0.39 is 23.5 Å². The Bertz CT molecular complexity index is 1580. The third kappa shape index (κ3) is 6.29. The monoisotopic (exact) mass is 528 g/mol. The van der Waals surface area contributed by atoms with Crippen molar-refractivity contribution in [1.82, 2.24) is 0 Å². The molecule has 0 spiro atoms. The summed E-state index contributed by atoms with van der Waals surface area (Å²) in [7, 11) is -7.06. The van der Waals surface area contributed by atoms with Gasteiger partial charge in [-0.2, -0.15) is 13.0 Å². The van der Waals surface area contributed by atoms with Gasteiger partial charge < -0.3 is 9.26 Å². The molecule has 1 aromatic heterocycles. The van der Waals surface area contributed by atoms with Crippen LogP contribution < -0.4 is 13.8 Å². The number of pyridine rings is 1. The van der Waals surface area contributed by atoms with Gasteiger partial charge in [0.05, 0.1) is 11.1 Å². The van der Waals surface area contributed by atoms with Crippen molar-refractivity contribution < 1.29 is 36.2 Å². The highest BCUT2D eigenvalue weighted by Gasteiger charge is 2.27. The van der Waals surface area contributed by atoms with E-state index >= 15 is 0 Å². The SMILES string of the molecule is CP(C)(=O)Oc1ccc2c(cc3ccccc3[n+]2CCCCS(=O)(=O)O)c1C(=O)Oc1ccccc1. The van der Waals surface area contributed by atoms with E-state index in [0.29, 0.717) is 29.6 Å². The Kier molecular flexibility index (Phi) is 7.45. The number of nitrogens with zero attached hydrogens (tertiary/aromatic N) is 1. The highest BCUT2D eigenvalue weighted by molar-refractivity contribution is 7.85. The number of benzene rings is 3. The number of rotatable bonds is 9. The second-order valence-corrected chi connectivity index (χ2v) is 13.0. The fourth-order valence-corrected chi connectivity index (χ4v) is 5.27. The van der Waals surface area contributed by atoms with Gasteiger partial charge in [-0.25, -0.2) is 4.79 Å². The van der Waals surface area contributed by atoms with E-state index in [-0.39, 0.29) is 23.5 Å². The van der Waals surface area contributed by atoms with Gasteiger partial charge in [-0.15, -0.1) is 0 Å². The van der Waals surface area contributed by atoms with Gasteiger partial charge in [0.2, 0.25) is 18.4 Å². The molecule has 0 radical (unpaired) electrons. The lowest BCUT2D eigenvalue weighted by atomic mass is 10.0. The fourth-order valence-electron chi connectivity index (χ4n) is 4.08. The first-order valence-electron chi connectivity index (χ1n) is 11.4. The molecule has 4 aromatic rings. The van der Waals surface area contributed by atoms with Crippen molar-refractivity contribution in [3.05, 3.63) is 78.4 Å². The molecule has 0 unspecified atom stereocenters. The molecule has 10 heteroatoms. The molecule has 4 rings (SSSR count). The van der Waals surface area contributed by atoms with Crippen LogP contribution in [0.2, 0.25) is 0 Å². The highest BCUT2D eigenvalue weighted by atomic mass is 32.2. The van der Waals surface area contributed by atoms with Crippen molar-refractivity contribution in [2.24, 2.45) is 0 Å². The lowest BCUT2D eigenvalue weighted by molar-refractivity contribution is -0.645. The molecule has 1 heterocycles. The second kappa shape index (κ2) is 10.4. The molecule has 36 heavy (non-hydrogen) atoms. The molecule has 0 saturated carbocycles. The van der Waals surface area contributed by atoms with Gasteiger partial charge in [0, 0.05) is 37.3 Å². The summed E-state index contributed by atoms with van der Waals surface area (Å²) in [4.78, 5) is 13.5. The van der Waals surface area contributed by atoms with Crippen LogP contribution in [0.15, 0.2) is 72.8 Å². The summed E-state index contributed by atoms with van der Waals surface area (Å²) in [5.41, 5.74) is 1.75. The standard InChI is InChI=1S/C26H26NO7PS/c1-35(2,29)34-24-15-14-23-21(25(24)26(28)33-20-11-4-3-5-12-20)18-19-10-6-7-13-22(19)27(23)16-8-9-17-36(30,31)32/h3-7,10-15,18H,8-9,16-17H2,1-2H3/p+1. The van der Waals surface area contributed by atoms with Crippen molar-refractivity contribution in [2.75, 3.05) is 19.1 Å². The molecule has 0 amide bonds. The highest BCUT2D eigenvalue weighted by Crippen LogP contribution is 2.42. The van der Waals surface area contributed by atoms with Crippen LogP contribution in [-0.4, -0.2) is 38.0 Å². The van der Waals surface area contributed by atoms with Gasteiger partial charge in [0.15, 0.2) is 0 Å². The summed E-state index contributed by atoms with van der Waals surface area (Å²) in [5.74, 6) is -0.459. The minimum absolute atomic E-state index is 0.151. The molecule has 3 aromatic carbocycles. The maximum atomic E-state index is 13.5. The van der Waals surface area contributed by atoms with Crippen LogP contribution in [0.4, 0.5) is 0 Å². The van der Waals surface area contributed by atoms with Crippen LogP contribution >= 0.6 is 7.37 Å². The number of hydrogen-bond donors (Lipinski definition) is 1. The second-order valence-electron chi connectivity index (χ2n) is 8.77. The lowest BCUT2D eigenvalue weighted by Gasteiger charge is -2.16. The van der Waals surface area contributed by atoms with Gasteiger partial charge in [0.25, 0.3) is 10.1 Å². The number of aromatic nitrogens is 1. The number of aryl methyl sites for hydroxylation is 1. The van der Waals surface area contributed by atoms with Crippen molar-refractivity contribution >= 4 is 45.3 Å². The molecule has 0 saturated heterocycles. The predicted molar refractivity (Wildman–Crippen MR) is 139 cm³/mol. The fraction of sp³-hybridized carbons (Fsp3) is 0.231. The molecule has 8 nitrogen and oxygen atoms in total. The van der Waals surface area contributed by atoms with Crippen LogP contribution in [0.25, 0.3) is 21.8 Å². The first kappa shape index (κ1) is 25.8. The third-order valence-corrected chi connectivity index (χ3v) is 6.95. The Labute approximate surface area is 209 Å². The van der Waals surface area contributed by atoms with Crippen LogP contribution in [-0.2, 0) is 21.2 Å². The minimum Gasteiger partial charge on any atom is -0.442 e. The first-order chi connectivity index (χ1) is 17.0. The summed E-state index contributed by atoms with van der Waals surface area (Å²) >= 11 is 0. The zero-order valence-electron chi connectivity index (χ0n) is 20.0. The molecule has 0 aliphatic rings. The topological polar surface area (TPSA) is 111 Å². The normalized spacial score (nSPS) is 12.1. The number of carbonyl (C=O) groups excluding carboxylic acids is 1. The Morgan fingerprint density at radius 2 is 1.64 bits per heavy atom. The van der Waals surface area contributed by atoms with E-state index in [1.165, 1.54) is 13.3 Å². The largest absolute Gasteiger partial charge is 0.442 e. The molecule has 1 N–H and O–H groups in total. The van der Waals surface area contributed by atoms with Crippen LogP contribution in [0.5, 0.6) is 11.5 Å². The number of hydrogen-bond acceptors (Lipinski definition) is 6. The molecular formula is C26H27NO7PS+. The molecule has 0 bridgehead atoms. The van der Waals surface area contributed by atoms with E-state index in [1.807, 2.05) is 41.0 Å². The van der Waals surface area contributed by atoms with Crippen LogP contribution in [0.1, 0.15) is 23.2 Å². The molecule has 0 fully saturated rings. The van der Waals surface area contributed by atoms with E-state index in [4.69, 9.17) is 13.8 Å². The first-order valence-corrected chi connectivity index (χ1v) is 15.5. The Balaban J connectivity index is 1.88. The van der Waals surface area contributed by atoms with Gasteiger partial charge in [-0.1, -0.05) is 30.3 Å². The average Bonchev–Trinajstić information content (AvgIpc) is 2.80. The molecule has 188 valence electrons. The van der Waals surface area contributed by atoms with Gasteiger partial charge >= 0.3 is 5.97 Å². The maximum Gasteiger partial charge on any atom is 0.348 e. The lowest BCUT2D eigenvalue weighted by Crippen LogP contribution is -2.36. The van der Waals surface area contributed by atoms with Gasteiger partial charge in [-0.3, -0.25) is 9.12 Å². The Morgan fingerprint density at radius 1 is 0.944 bits per heavy atom. The van der Waals surface area contributed by atoms with Crippen LogP contribution in [0.3, 0.4) is 0 Å². The summed E-state index contributed by atoms with van der Waals surface area (Å²) in [6, 6.07) is 21.5. The van der Waals surface area contributed by atoms with Crippen molar-refractivity contribution in [1.29, 1.82) is 0 Å². The summed E-state index contributed by atoms with van der Waals surface area (Å²) in [5, 5.41) is 1.40. The Morgan fingerprint density at radius 3 is 2.33 bits per heavy atom. The predicted octanol–water partition coefficient (Wildman–Crippen LogP) is 5.08. The average molecular weight is 529 g/mol. The maximum absolute atomic E-state index is 13.5. The zero-order valence-corrected chi connectivity index (χ0v) is 21.7. The van der Waals surface area contributed by atoms with Gasteiger partial charge in [0.1, 0.15) is 23.6 Å². The molecule has 0 aliphatic heterocycles. The molecular weight excluding hydrogens is 501 g/mol. The molecule has 0 aliphatic carbocycles. The van der Waals surface area contributed by atoms with Gasteiger partial charge in [-0.05, 0) is 36.8 Å². The summed E-state index contributed by atoms with van der Waals surface area (Å²) < 4.78 is 57.3. The number of fused-ring (bicyclic) bond motifs is 2. The quantitative estimate of drug-likeness (QED) is 0.0613. The van der Waals surface area contributed by atoms with E-state index in [2.05, 4.69) is 0 Å². The van der Waals surface area contributed by atoms with E-state index in [9.17, 15) is 17.8 Å². The third-order valence-electron chi connectivity index (χ3n) is 5.51. The summed E-state index contributed by atoms with van der Waals surface area (Å²) in [6.45, 7) is 3.39. The number of unbranched alkanes of at least 4 members (excludes halogenated alkanes) is 1. The molecule has 0 atom stereocenters. The number of esters is 1. The van der Waals surface area contributed by atoms with Crippen molar-refractivity contribution in [3.8, 4) is 11.5 Å². The Hall–Kier alpha value is -3.26. The minimum atomic E-state index is -4.05. The van der Waals surface area contributed by atoms with Crippen LogP contribution in [0, 0.1) is 0 Å². The zero-order chi connectivity index (χ0) is 25.9. The van der Waals surface area contributed by atoms with Crippen molar-refractivity contribution in [3.63, 3.8) is 0 Å². The van der Waals surface area contributed by atoms with E-state index in [1.54, 1.807) is 36.4 Å². The van der Waals surface area contributed by atoms with Crippen molar-refractivity contribution in [2.45, 2.75) is 19.4 Å². The number of ether oxygens (including phenoxy) is 1. The number of carbonyl (C=O) groups is 1. The smallest absolute Gasteiger partial charge is 0.348 e.